The highest BCUT2D eigenvalue weighted by Gasteiger charge is 2.18. The molecule has 0 saturated heterocycles. The van der Waals surface area contributed by atoms with Crippen LogP contribution in [0.1, 0.15) is 27.2 Å². The molecule has 0 aliphatic heterocycles. The van der Waals surface area contributed by atoms with Gasteiger partial charge in [-0.15, -0.1) is 0 Å². The fraction of sp³-hybridized carbons (Fsp3) is 0.222. The first-order chi connectivity index (χ1) is 17.5. The number of nitrogens with zero attached hydrogens (tertiary/aromatic N) is 5. The van der Waals surface area contributed by atoms with Crippen molar-refractivity contribution in [3.05, 3.63) is 61.4 Å². The van der Waals surface area contributed by atoms with E-state index in [1.54, 1.807) is 18.7 Å². The molecule has 0 aliphatic rings. The number of anilines is 1. The first kappa shape index (κ1) is 22.0. The second-order valence-corrected chi connectivity index (χ2v) is 9.46. The molecule has 0 aromatic carbocycles. The molecule has 36 heavy (non-hydrogen) atoms. The Morgan fingerprint density at radius 2 is 1.94 bits per heavy atom. The second kappa shape index (κ2) is 8.92. The molecule has 3 N–H and O–H groups in total. The van der Waals surface area contributed by atoms with Crippen molar-refractivity contribution in [1.82, 2.24) is 35.1 Å². The molecule has 0 fully saturated rings. The fourth-order valence-electron chi connectivity index (χ4n) is 4.62. The molecule has 6 heterocycles. The molecular formula is C27H26N8O. The Labute approximate surface area is 207 Å². The van der Waals surface area contributed by atoms with Gasteiger partial charge in [0.1, 0.15) is 5.52 Å². The summed E-state index contributed by atoms with van der Waals surface area (Å²) in [6.45, 7) is 6.64. The zero-order valence-electron chi connectivity index (χ0n) is 20.3. The number of nitrogens with one attached hydrogen (secondary N) is 3. The van der Waals surface area contributed by atoms with Crippen LogP contribution >= 0.6 is 0 Å². The van der Waals surface area contributed by atoms with E-state index in [1.807, 2.05) is 36.7 Å². The van der Waals surface area contributed by atoms with Crippen molar-refractivity contribution < 1.29 is 4.42 Å². The Morgan fingerprint density at radius 1 is 1.03 bits per heavy atom. The largest absolute Gasteiger partial charge is 0.472 e. The molecule has 6 aromatic rings. The topological polar surface area (TPSA) is 121 Å². The third-order valence-electron chi connectivity index (χ3n) is 6.13. The average Bonchev–Trinajstić information content (AvgIpc) is 3.62. The van der Waals surface area contributed by atoms with E-state index in [0.29, 0.717) is 29.1 Å². The summed E-state index contributed by atoms with van der Waals surface area (Å²) in [7, 11) is 0. The Morgan fingerprint density at radius 3 is 2.78 bits per heavy atom. The molecule has 0 amide bonds. The van der Waals surface area contributed by atoms with Crippen molar-refractivity contribution in [2.75, 3.05) is 5.32 Å². The SMILES string of the molecule is CC(C)CC(C)Nc1cncc(-c2ccc3[nH]nc(-c4nc5nccc(-c6ccoc6)c5[nH]4)c3n2)c1. The molecule has 1 unspecified atom stereocenters. The summed E-state index contributed by atoms with van der Waals surface area (Å²) >= 11 is 0. The van der Waals surface area contributed by atoms with Gasteiger partial charge in [0.15, 0.2) is 17.2 Å². The van der Waals surface area contributed by atoms with E-state index in [9.17, 15) is 0 Å². The summed E-state index contributed by atoms with van der Waals surface area (Å²) in [5.41, 5.74) is 8.24. The van der Waals surface area contributed by atoms with Gasteiger partial charge in [0.05, 0.1) is 34.9 Å². The number of aromatic nitrogens is 7. The summed E-state index contributed by atoms with van der Waals surface area (Å²) in [6.07, 6.45) is 9.85. The van der Waals surface area contributed by atoms with E-state index < -0.39 is 0 Å². The molecule has 1 atom stereocenters. The van der Waals surface area contributed by atoms with Gasteiger partial charge in [-0.3, -0.25) is 10.1 Å². The Balaban J connectivity index is 1.37. The zero-order valence-corrected chi connectivity index (χ0v) is 20.3. The smallest absolute Gasteiger partial charge is 0.178 e. The number of rotatable bonds is 7. The van der Waals surface area contributed by atoms with Gasteiger partial charge in [0, 0.05) is 41.3 Å². The third-order valence-corrected chi connectivity index (χ3v) is 6.13. The first-order valence-corrected chi connectivity index (χ1v) is 12.0. The van der Waals surface area contributed by atoms with Crippen molar-refractivity contribution >= 4 is 27.9 Å². The van der Waals surface area contributed by atoms with Gasteiger partial charge >= 0.3 is 0 Å². The van der Waals surface area contributed by atoms with Gasteiger partial charge in [-0.2, -0.15) is 5.10 Å². The fourth-order valence-corrected chi connectivity index (χ4v) is 4.62. The predicted molar refractivity (Wildman–Crippen MR) is 140 cm³/mol. The quantitative estimate of drug-likeness (QED) is 0.255. The van der Waals surface area contributed by atoms with E-state index >= 15 is 0 Å². The highest BCUT2D eigenvalue weighted by Crippen LogP contribution is 2.31. The van der Waals surface area contributed by atoms with Crippen LogP contribution in [0.15, 0.2) is 65.9 Å². The van der Waals surface area contributed by atoms with Gasteiger partial charge in [-0.1, -0.05) is 13.8 Å². The van der Waals surface area contributed by atoms with Gasteiger partial charge in [0.2, 0.25) is 0 Å². The summed E-state index contributed by atoms with van der Waals surface area (Å²) in [5, 5.41) is 11.1. The van der Waals surface area contributed by atoms with Crippen LogP contribution in [0.2, 0.25) is 0 Å². The van der Waals surface area contributed by atoms with Crippen LogP contribution in [0, 0.1) is 5.92 Å². The maximum absolute atomic E-state index is 5.26. The summed E-state index contributed by atoms with van der Waals surface area (Å²) < 4.78 is 5.26. The highest BCUT2D eigenvalue weighted by atomic mass is 16.3. The minimum Gasteiger partial charge on any atom is -0.472 e. The number of fused-ring (bicyclic) bond motifs is 2. The molecule has 9 nitrogen and oxygen atoms in total. The second-order valence-electron chi connectivity index (χ2n) is 9.46. The Bertz CT molecular complexity index is 1650. The van der Waals surface area contributed by atoms with Crippen molar-refractivity contribution in [3.63, 3.8) is 0 Å². The number of hydrogen-bond donors (Lipinski definition) is 3. The van der Waals surface area contributed by atoms with Crippen LogP contribution in [0.3, 0.4) is 0 Å². The monoisotopic (exact) mass is 478 g/mol. The number of furan rings is 1. The van der Waals surface area contributed by atoms with Gasteiger partial charge in [-0.05, 0) is 49.6 Å². The molecule has 0 bridgehead atoms. The van der Waals surface area contributed by atoms with E-state index in [-0.39, 0.29) is 0 Å². The lowest BCUT2D eigenvalue weighted by molar-refractivity contribution is 0.539. The molecule has 9 heteroatoms. The van der Waals surface area contributed by atoms with Crippen LogP contribution in [0.4, 0.5) is 5.69 Å². The van der Waals surface area contributed by atoms with Gasteiger partial charge in [-0.25, -0.2) is 15.0 Å². The normalized spacial score (nSPS) is 12.6. The number of imidazole rings is 1. The van der Waals surface area contributed by atoms with Crippen molar-refractivity contribution in [2.24, 2.45) is 5.92 Å². The molecule has 180 valence electrons. The highest BCUT2D eigenvalue weighted by molar-refractivity contribution is 5.94. The summed E-state index contributed by atoms with van der Waals surface area (Å²) in [5.74, 6) is 1.22. The third kappa shape index (κ3) is 4.08. The number of H-pyrrole nitrogens is 2. The van der Waals surface area contributed by atoms with Crippen molar-refractivity contribution in [3.8, 4) is 33.9 Å². The van der Waals surface area contributed by atoms with E-state index in [4.69, 9.17) is 14.4 Å². The standard InChI is InChI=1S/C27H26N8O/c1-15(2)10-16(3)30-19-11-18(12-28-13-19)21-4-5-22-24(31-21)25(35-34-22)27-32-23-20(17-7-9-36-14-17)6-8-29-26(23)33-27/h4-9,11-16,30H,10H2,1-3H3,(H,34,35)(H,29,32,33). The molecule has 6 rings (SSSR count). The van der Waals surface area contributed by atoms with Crippen LogP contribution in [-0.2, 0) is 0 Å². The van der Waals surface area contributed by atoms with Crippen LogP contribution in [0.5, 0.6) is 0 Å². The van der Waals surface area contributed by atoms with E-state index in [2.05, 4.69) is 57.3 Å². The lowest BCUT2D eigenvalue weighted by Gasteiger charge is -2.17. The first-order valence-electron chi connectivity index (χ1n) is 12.0. The predicted octanol–water partition coefficient (Wildman–Crippen LogP) is 6.06. The molecule has 0 saturated carbocycles. The lowest BCUT2D eigenvalue weighted by atomic mass is 10.0. The summed E-state index contributed by atoms with van der Waals surface area (Å²) in [6, 6.07) is 10.2. The lowest BCUT2D eigenvalue weighted by Crippen LogP contribution is -2.17. The molecule has 0 radical (unpaired) electrons. The van der Waals surface area contributed by atoms with Gasteiger partial charge in [0.25, 0.3) is 0 Å². The minimum absolute atomic E-state index is 0.353. The summed E-state index contributed by atoms with van der Waals surface area (Å²) in [4.78, 5) is 21.9. The zero-order chi connectivity index (χ0) is 24.6. The van der Waals surface area contributed by atoms with E-state index in [1.165, 1.54) is 0 Å². The number of hydrogen-bond acceptors (Lipinski definition) is 7. The van der Waals surface area contributed by atoms with Crippen LogP contribution in [-0.4, -0.2) is 41.2 Å². The Hall–Kier alpha value is -4.53. The van der Waals surface area contributed by atoms with E-state index in [0.717, 1.165) is 51.0 Å². The number of aromatic amines is 2. The average molecular weight is 479 g/mol. The number of pyridine rings is 3. The molecular weight excluding hydrogens is 452 g/mol. The molecule has 0 aliphatic carbocycles. The van der Waals surface area contributed by atoms with Crippen molar-refractivity contribution in [2.45, 2.75) is 33.2 Å². The maximum Gasteiger partial charge on any atom is 0.178 e. The maximum atomic E-state index is 5.26. The molecule has 6 aromatic heterocycles. The van der Waals surface area contributed by atoms with Crippen LogP contribution in [0.25, 0.3) is 56.1 Å². The minimum atomic E-state index is 0.353. The van der Waals surface area contributed by atoms with Crippen LogP contribution < -0.4 is 5.32 Å². The molecule has 0 spiro atoms. The Kier molecular flexibility index (Phi) is 5.44. The van der Waals surface area contributed by atoms with Crippen molar-refractivity contribution in [1.29, 1.82) is 0 Å². The van der Waals surface area contributed by atoms with Gasteiger partial charge < -0.3 is 14.7 Å².